The Labute approximate surface area is 93.8 Å². The zero-order valence-corrected chi connectivity index (χ0v) is 9.36. The predicted molar refractivity (Wildman–Crippen MR) is 57.3 cm³/mol. The second kappa shape index (κ2) is 7.44. The van der Waals surface area contributed by atoms with E-state index < -0.39 is 17.9 Å². The highest BCUT2D eigenvalue weighted by Gasteiger charge is 2.06. The fourth-order valence-corrected chi connectivity index (χ4v) is 1.01. The van der Waals surface area contributed by atoms with Crippen LogP contribution in [0.2, 0.25) is 0 Å². The number of imide groups is 1. The summed E-state index contributed by atoms with van der Waals surface area (Å²) in [7, 11) is 0. The molecule has 0 aliphatic carbocycles. The summed E-state index contributed by atoms with van der Waals surface area (Å²) in [6, 6.07) is -0.970. The van der Waals surface area contributed by atoms with Crippen LogP contribution in [0.5, 0.6) is 0 Å². The molecule has 0 fully saturated rings. The van der Waals surface area contributed by atoms with Crippen molar-refractivity contribution in [2.75, 3.05) is 0 Å². The van der Waals surface area contributed by atoms with Gasteiger partial charge in [0.05, 0.1) is 6.10 Å². The number of esters is 1. The standard InChI is InChI=1S/C10H16N2O4/c1-3-4-7(2)16-9(14)6-5-8(13)12-10(11)15/h5-7H,3-4H2,1-2H3,(H3,11,12,13,15)/b6-5-/t7-/m1/s1. The van der Waals surface area contributed by atoms with Crippen LogP contribution in [-0.4, -0.2) is 24.0 Å². The van der Waals surface area contributed by atoms with E-state index in [1.165, 1.54) is 0 Å². The van der Waals surface area contributed by atoms with Gasteiger partial charge < -0.3 is 10.5 Å². The van der Waals surface area contributed by atoms with Gasteiger partial charge in [-0.15, -0.1) is 0 Å². The molecule has 3 amide bonds. The summed E-state index contributed by atoms with van der Waals surface area (Å²) < 4.78 is 4.92. The molecule has 6 nitrogen and oxygen atoms in total. The molecule has 0 aromatic carbocycles. The summed E-state index contributed by atoms with van der Waals surface area (Å²) in [4.78, 5) is 32.2. The first-order valence-electron chi connectivity index (χ1n) is 4.94. The molecule has 0 saturated heterocycles. The molecule has 3 N–H and O–H groups in total. The van der Waals surface area contributed by atoms with Gasteiger partial charge in [0, 0.05) is 12.2 Å². The summed E-state index contributed by atoms with van der Waals surface area (Å²) >= 11 is 0. The number of hydrogen-bond acceptors (Lipinski definition) is 4. The largest absolute Gasteiger partial charge is 0.460 e. The molecule has 0 spiro atoms. The summed E-state index contributed by atoms with van der Waals surface area (Å²) in [5.74, 6) is -1.38. The molecule has 90 valence electrons. The molecule has 0 saturated carbocycles. The normalized spacial score (nSPS) is 12.1. The minimum absolute atomic E-state index is 0.193. The number of nitrogens with one attached hydrogen (secondary N) is 1. The van der Waals surface area contributed by atoms with Crippen molar-refractivity contribution in [3.05, 3.63) is 12.2 Å². The van der Waals surface area contributed by atoms with Gasteiger partial charge >= 0.3 is 12.0 Å². The highest BCUT2D eigenvalue weighted by Crippen LogP contribution is 2.01. The van der Waals surface area contributed by atoms with Gasteiger partial charge in [-0.05, 0) is 13.3 Å². The molecule has 0 radical (unpaired) electrons. The van der Waals surface area contributed by atoms with Crippen molar-refractivity contribution < 1.29 is 19.1 Å². The van der Waals surface area contributed by atoms with Crippen LogP contribution >= 0.6 is 0 Å². The molecule has 1 atom stereocenters. The van der Waals surface area contributed by atoms with Crippen molar-refractivity contribution in [2.24, 2.45) is 5.73 Å². The van der Waals surface area contributed by atoms with E-state index in [1.54, 1.807) is 12.2 Å². The summed E-state index contributed by atoms with van der Waals surface area (Å²) in [6.07, 6.45) is 3.31. The number of nitrogens with two attached hydrogens (primary N) is 1. The number of primary amides is 1. The average molecular weight is 228 g/mol. The van der Waals surface area contributed by atoms with Crippen LogP contribution in [0.25, 0.3) is 0 Å². The van der Waals surface area contributed by atoms with Gasteiger partial charge in [-0.2, -0.15) is 0 Å². The Hall–Kier alpha value is -1.85. The van der Waals surface area contributed by atoms with Crippen molar-refractivity contribution in [1.82, 2.24) is 5.32 Å². The van der Waals surface area contributed by atoms with E-state index in [0.717, 1.165) is 25.0 Å². The molecular formula is C10H16N2O4. The molecule has 0 aromatic heterocycles. The molecule has 0 aliphatic heterocycles. The highest BCUT2D eigenvalue weighted by molar-refractivity contribution is 6.02. The maximum absolute atomic E-state index is 11.1. The van der Waals surface area contributed by atoms with E-state index in [1.807, 2.05) is 6.92 Å². The number of amides is 3. The monoisotopic (exact) mass is 228 g/mol. The summed E-state index contributed by atoms with van der Waals surface area (Å²) in [6.45, 7) is 3.74. The van der Waals surface area contributed by atoms with Crippen LogP contribution in [0.4, 0.5) is 4.79 Å². The molecule has 16 heavy (non-hydrogen) atoms. The Morgan fingerprint density at radius 2 is 2.00 bits per heavy atom. The molecule has 0 rings (SSSR count). The van der Waals surface area contributed by atoms with E-state index in [-0.39, 0.29) is 6.10 Å². The summed E-state index contributed by atoms with van der Waals surface area (Å²) in [5, 5.41) is 1.78. The lowest BCUT2D eigenvalue weighted by atomic mass is 10.2. The van der Waals surface area contributed by atoms with E-state index in [2.05, 4.69) is 0 Å². The number of ether oxygens (including phenoxy) is 1. The molecule has 6 heteroatoms. The molecule has 0 aromatic rings. The van der Waals surface area contributed by atoms with E-state index in [4.69, 9.17) is 10.5 Å². The predicted octanol–water partition coefficient (Wildman–Crippen LogP) is 0.469. The molecule has 0 aliphatic rings. The first-order chi connectivity index (χ1) is 7.45. The van der Waals surface area contributed by atoms with Gasteiger partial charge in [-0.1, -0.05) is 13.3 Å². The van der Waals surface area contributed by atoms with Crippen molar-refractivity contribution >= 4 is 17.9 Å². The Morgan fingerprint density at radius 1 is 1.38 bits per heavy atom. The fraction of sp³-hybridized carbons (Fsp3) is 0.500. The van der Waals surface area contributed by atoms with Crippen molar-refractivity contribution in [3.8, 4) is 0 Å². The molecular weight excluding hydrogens is 212 g/mol. The smallest absolute Gasteiger partial charge is 0.331 e. The maximum Gasteiger partial charge on any atom is 0.331 e. The lowest BCUT2D eigenvalue weighted by Gasteiger charge is -2.09. The molecule has 0 bridgehead atoms. The van der Waals surface area contributed by atoms with Crippen LogP contribution in [0, 0.1) is 0 Å². The zero-order chi connectivity index (χ0) is 12.6. The number of urea groups is 1. The first-order valence-corrected chi connectivity index (χ1v) is 4.94. The molecule has 0 unspecified atom stereocenters. The first kappa shape index (κ1) is 14.2. The quantitative estimate of drug-likeness (QED) is 0.527. The Morgan fingerprint density at radius 3 is 2.50 bits per heavy atom. The van der Waals surface area contributed by atoms with Crippen LogP contribution in [0.15, 0.2) is 12.2 Å². The fourth-order valence-electron chi connectivity index (χ4n) is 1.01. The minimum Gasteiger partial charge on any atom is -0.460 e. The van der Waals surface area contributed by atoms with E-state index >= 15 is 0 Å². The lowest BCUT2D eigenvalue weighted by Crippen LogP contribution is -2.33. The van der Waals surface area contributed by atoms with Crippen LogP contribution in [0.1, 0.15) is 26.7 Å². The third-order valence-electron chi connectivity index (χ3n) is 1.63. The van der Waals surface area contributed by atoms with Crippen molar-refractivity contribution in [2.45, 2.75) is 32.8 Å². The molecule has 0 heterocycles. The third-order valence-corrected chi connectivity index (χ3v) is 1.63. The SMILES string of the molecule is CCC[C@@H](C)OC(=O)/C=C\C(=O)NC(N)=O. The maximum atomic E-state index is 11.1. The minimum atomic E-state index is -0.970. The summed E-state index contributed by atoms with van der Waals surface area (Å²) in [5.41, 5.74) is 4.70. The highest BCUT2D eigenvalue weighted by atomic mass is 16.5. The topological polar surface area (TPSA) is 98.5 Å². The second-order valence-corrected chi connectivity index (χ2v) is 3.22. The number of carbonyl (C=O) groups is 3. The zero-order valence-electron chi connectivity index (χ0n) is 9.36. The van der Waals surface area contributed by atoms with Gasteiger partial charge in [0.2, 0.25) is 0 Å². The van der Waals surface area contributed by atoms with E-state index in [9.17, 15) is 14.4 Å². The number of hydrogen-bond donors (Lipinski definition) is 2. The van der Waals surface area contributed by atoms with Gasteiger partial charge in [0.1, 0.15) is 0 Å². The van der Waals surface area contributed by atoms with Crippen molar-refractivity contribution in [1.29, 1.82) is 0 Å². The average Bonchev–Trinajstić information content (AvgIpc) is 2.14. The van der Waals surface area contributed by atoms with Gasteiger partial charge in [0.25, 0.3) is 5.91 Å². The second-order valence-electron chi connectivity index (χ2n) is 3.22. The van der Waals surface area contributed by atoms with Crippen molar-refractivity contribution in [3.63, 3.8) is 0 Å². The number of rotatable bonds is 5. The Kier molecular flexibility index (Phi) is 6.58. The number of carbonyl (C=O) groups excluding carboxylic acids is 3. The Balaban J connectivity index is 3.99. The van der Waals surface area contributed by atoms with Crippen LogP contribution in [-0.2, 0) is 14.3 Å². The van der Waals surface area contributed by atoms with Crippen LogP contribution in [0.3, 0.4) is 0 Å². The Bertz CT molecular complexity index is 299. The van der Waals surface area contributed by atoms with Gasteiger partial charge in [0.15, 0.2) is 0 Å². The third kappa shape index (κ3) is 7.54. The van der Waals surface area contributed by atoms with Gasteiger partial charge in [-0.3, -0.25) is 10.1 Å². The lowest BCUT2D eigenvalue weighted by molar-refractivity contribution is -0.142. The van der Waals surface area contributed by atoms with Gasteiger partial charge in [-0.25, -0.2) is 9.59 Å². The van der Waals surface area contributed by atoms with E-state index in [0.29, 0.717) is 0 Å². The van der Waals surface area contributed by atoms with Crippen LogP contribution < -0.4 is 11.1 Å².